The quantitative estimate of drug-likeness (QED) is 0.903. The molecule has 3 nitrogen and oxygen atoms in total. The standard InChI is InChI=1S/C15H19ClN2O/c1-5-6-17-15-9(2)10(3)18-13-8-14(19-4)12(16)7-11(13)15/h7-8H,5-6H2,1-4H3,(H,17,18). The van der Waals surface area contributed by atoms with Gasteiger partial charge in [0.25, 0.3) is 0 Å². The molecule has 0 saturated heterocycles. The van der Waals surface area contributed by atoms with Gasteiger partial charge < -0.3 is 10.1 Å². The third kappa shape index (κ3) is 2.61. The lowest BCUT2D eigenvalue weighted by Gasteiger charge is -2.15. The zero-order valence-electron chi connectivity index (χ0n) is 11.8. The molecule has 0 unspecified atom stereocenters. The minimum atomic E-state index is 0.611. The highest BCUT2D eigenvalue weighted by Crippen LogP contribution is 2.35. The van der Waals surface area contributed by atoms with E-state index in [4.69, 9.17) is 16.3 Å². The van der Waals surface area contributed by atoms with E-state index in [2.05, 4.69) is 24.1 Å². The molecule has 4 heteroatoms. The van der Waals surface area contributed by atoms with E-state index in [1.807, 2.05) is 19.1 Å². The van der Waals surface area contributed by atoms with E-state index in [0.717, 1.165) is 35.2 Å². The number of hydrogen-bond acceptors (Lipinski definition) is 3. The SMILES string of the molecule is CCCNc1c(C)c(C)nc2cc(OC)c(Cl)cc12. The van der Waals surface area contributed by atoms with Gasteiger partial charge in [0.2, 0.25) is 0 Å². The number of rotatable bonds is 4. The summed E-state index contributed by atoms with van der Waals surface area (Å²) in [4.78, 5) is 4.62. The smallest absolute Gasteiger partial charge is 0.139 e. The fourth-order valence-corrected chi connectivity index (χ4v) is 2.36. The summed E-state index contributed by atoms with van der Waals surface area (Å²) in [6, 6.07) is 3.81. The van der Waals surface area contributed by atoms with Crippen LogP contribution in [0.1, 0.15) is 24.6 Å². The fraction of sp³-hybridized carbons (Fsp3) is 0.400. The van der Waals surface area contributed by atoms with Crippen molar-refractivity contribution in [3.05, 3.63) is 28.4 Å². The molecule has 1 aromatic heterocycles. The Kier molecular flexibility index (Phi) is 4.15. The van der Waals surface area contributed by atoms with Crippen LogP contribution in [0, 0.1) is 13.8 Å². The third-order valence-electron chi connectivity index (χ3n) is 3.30. The van der Waals surface area contributed by atoms with E-state index in [0.29, 0.717) is 10.8 Å². The van der Waals surface area contributed by atoms with Gasteiger partial charge in [-0.2, -0.15) is 0 Å². The van der Waals surface area contributed by atoms with Crippen molar-refractivity contribution in [1.29, 1.82) is 0 Å². The van der Waals surface area contributed by atoms with E-state index in [1.54, 1.807) is 7.11 Å². The molecule has 19 heavy (non-hydrogen) atoms. The zero-order chi connectivity index (χ0) is 14.0. The molecule has 1 heterocycles. The number of aromatic nitrogens is 1. The number of nitrogens with zero attached hydrogens (tertiary/aromatic N) is 1. The number of methoxy groups -OCH3 is 1. The average Bonchev–Trinajstić information content (AvgIpc) is 2.40. The Morgan fingerprint density at radius 1 is 1.32 bits per heavy atom. The lowest BCUT2D eigenvalue weighted by molar-refractivity contribution is 0.415. The van der Waals surface area contributed by atoms with Crippen LogP contribution in [0.15, 0.2) is 12.1 Å². The molecule has 0 fully saturated rings. The second kappa shape index (κ2) is 5.66. The van der Waals surface area contributed by atoms with Crippen LogP contribution in [-0.2, 0) is 0 Å². The molecular weight excluding hydrogens is 260 g/mol. The minimum Gasteiger partial charge on any atom is -0.495 e. The van der Waals surface area contributed by atoms with Crippen LogP contribution < -0.4 is 10.1 Å². The Balaban J connectivity index is 2.69. The molecule has 0 aliphatic rings. The van der Waals surface area contributed by atoms with Gasteiger partial charge in [0.15, 0.2) is 0 Å². The summed E-state index contributed by atoms with van der Waals surface area (Å²) in [7, 11) is 1.62. The molecule has 0 aliphatic carbocycles. The van der Waals surface area contributed by atoms with Gasteiger partial charge in [-0.1, -0.05) is 18.5 Å². The predicted octanol–water partition coefficient (Wildman–Crippen LogP) is 4.34. The first-order chi connectivity index (χ1) is 9.08. The molecule has 0 bridgehead atoms. The van der Waals surface area contributed by atoms with E-state index in [1.165, 1.54) is 5.56 Å². The molecule has 0 spiro atoms. The second-order valence-corrected chi connectivity index (χ2v) is 5.04. The van der Waals surface area contributed by atoms with E-state index in [-0.39, 0.29) is 0 Å². The van der Waals surface area contributed by atoms with Gasteiger partial charge in [-0.05, 0) is 31.9 Å². The fourth-order valence-electron chi connectivity index (χ4n) is 2.12. The van der Waals surface area contributed by atoms with E-state index < -0.39 is 0 Å². The monoisotopic (exact) mass is 278 g/mol. The highest BCUT2D eigenvalue weighted by atomic mass is 35.5. The number of fused-ring (bicyclic) bond motifs is 1. The Hall–Kier alpha value is -1.48. The van der Waals surface area contributed by atoms with Crippen molar-refractivity contribution in [2.45, 2.75) is 27.2 Å². The van der Waals surface area contributed by atoms with Crippen LogP contribution in [0.3, 0.4) is 0 Å². The lowest BCUT2D eigenvalue weighted by Crippen LogP contribution is -2.05. The largest absolute Gasteiger partial charge is 0.495 e. The lowest BCUT2D eigenvalue weighted by atomic mass is 10.1. The molecule has 1 aromatic carbocycles. The number of aryl methyl sites for hydroxylation is 1. The van der Waals surface area contributed by atoms with Crippen molar-refractivity contribution in [3.63, 3.8) is 0 Å². The Morgan fingerprint density at radius 3 is 2.68 bits per heavy atom. The van der Waals surface area contributed by atoms with Crippen LogP contribution in [0.25, 0.3) is 10.9 Å². The molecule has 0 atom stereocenters. The van der Waals surface area contributed by atoms with Crippen molar-refractivity contribution in [2.24, 2.45) is 0 Å². The highest BCUT2D eigenvalue weighted by molar-refractivity contribution is 6.33. The molecule has 2 aromatic rings. The molecule has 0 aliphatic heterocycles. The van der Waals surface area contributed by atoms with Crippen molar-refractivity contribution in [3.8, 4) is 5.75 Å². The van der Waals surface area contributed by atoms with Crippen LogP contribution in [0.5, 0.6) is 5.75 Å². The molecular formula is C15H19ClN2O. The topological polar surface area (TPSA) is 34.2 Å². The number of ether oxygens (including phenoxy) is 1. The van der Waals surface area contributed by atoms with E-state index in [9.17, 15) is 0 Å². The maximum absolute atomic E-state index is 6.22. The Labute approximate surface area is 118 Å². The number of benzene rings is 1. The Bertz CT molecular complexity index is 611. The average molecular weight is 279 g/mol. The van der Waals surface area contributed by atoms with Crippen molar-refractivity contribution in [1.82, 2.24) is 4.98 Å². The third-order valence-corrected chi connectivity index (χ3v) is 3.59. The van der Waals surface area contributed by atoms with Crippen LogP contribution >= 0.6 is 11.6 Å². The van der Waals surface area contributed by atoms with Crippen molar-refractivity contribution < 1.29 is 4.74 Å². The van der Waals surface area contributed by atoms with Gasteiger partial charge in [0, 0.05) is 29.4 Å². The first-order valence-corrected chi connectivity index (χ1v) is 6.84. The summed E-state index contributed by atoms with van der Waals surface area (Å²) in [5.41, 5.74) is 4.22. The summed E-state index contributed by atoms with van der Waals surface area (Å²) < 4.78 is 5.25. The number of anilines is 1. The van der Waals surface area contributed by atoms with Gasteiger partial charge in [-0.15, -0.1) is 0 Å². The molecule has 0 radical (unpaired) electrons. The number of halogens is 1. The molecule has 102 valence electrons. The predicted molar refractivity (Wildman–Crippen MR) is 81.6 cm³/mol. The molecule has 1 N–H and O–H groups in total. The van der Waals surface area contributed by atoms with Gasteiger partial charge in [-0.3, -0.25) is 4.98 Å². The van der Waals surface area contributed by atoms with Gasteiger partial charge >= 0.3 is 0 Å². The summed E-state index contributed by atoms with van der Waals surface area (Å²) in [5, 5.41) is 5.13. The van der Waals surface area contributed by atoms with Crippen molar-refractivity contribution in [2.75, 3.05) is 19.0 Å². The number of nitrogens with one attached hydrogen (secondary N) is 1. The summed E-state index contributed by atoms with van der Waals surface area (Å²) in [6.07, 6.45) is 1.08. The van der Waals surface area contributed by atoms with Gasteiger partial charge in [0.05, 0.1) is 17.6 Å². The summed E-state index contributed by atoms with van der Waals surface area (Å²) in [6.45, 7) is 7.18. The second-order valence-electron chi connectivity index (χ2n) is 4.63. The van der Waals surface area contributed by atoms with Crippen LogP contribution in [-0.4, -0.2) is 18.6 Å². The number of pyridine rings is 1. The van der Waals surface area contributed by atoms with Gasteiger partial charge in [0.1, 0.15) is 5.75 Å². The number of hydrogen-bond donors (Lipinski definition) is 1. The first kappa shape index (κ1) is 13.9. The summed E-state index contributed by atoms with van der Waals surface area (Å²) >= 11 is 6.22. The van der Waals surface area contributed by atoms with Crippen LogP contribution in [0.2, 0.25) is 5.02 Å². The molecule has 0 saturated carbocycles. The zero-order valence-corrected chi connectivity index (χ0v) is 12.6. The summed E-state index contributed by atoms with van der Waals surface area (Å²) in [5.74, 6) is 0.659. The highest BCUT2D eigenvalue weighted by Gasteiger charge is 2.12. The van der Waals surface area contributed by atoms with Crippen LogP contribution in [0.4, 0.5) is 5.69 Å². The maximum atomic E-state index is 6.22. The molecule has 2 rings (SSSR count). The maximum Gasteiger partial charge on any atom is 0.139 e. The first-order valence-electron chi connectivity index (χ1n) is 6.46. The minimum absolute atomic E-state index is 0.611. The Morgan fingerprint density at radius 2 is 2.05 bits per heavy atom. The van der Waals surface area contributed by atoms with E-state index >= 15 is 0 Å². The molecule has 0 amide bonds. The normalized spacial score (nSPS) is 10.8. The van der Waals surface area contributed by atoms with Gasteiger partial charge in [-0.25, -0.2) is 0 Å². The van der Waals surface area contributed by atoms with Crippen molar-refractivity contribution >= 4 is 28.2 Å².